The molecule has 0 aromatic rings. The van der Waals surface area contributed by atoms with E-state index in [1.807, 2.05) is 0 Å². The first kappa shape index (κ1) is 10.6. The third-order valence-electron chi connectivity index (χ3n) is 2.20. The van der Waals surface area contributed by atoms with Gasteiger partial charge >= 0.3 is 0 Å². The van der Waals surface area contributed by atoms with Gasteiger partial charge in [0.15, 0.2) is 6.29 Å². The van der Waals surface area contributed by atoms with E-state index in [1.54, 1.807) is 0 Å². The van der Waals surface area contributed by atoms with Crippen molar-refractivity contribution in [1.82, 2.24) is 0 Å². The van der Waals surface area contributed by atoms with Crippen molar-refractivity contribution in [3.05, 3.63) is 0 Å². The number of aliphatic hydroxyl groups excluding tert-OH is 1. The van der Waals surface area contributed by atoms with Crippen LogP contribution in [-0.2, 0) is 14.3 Å². The maximum Gasteiger partial charge on any atom is 0.186 e. The molecule has 2 N–H and O–H groups in total. The smallest absolute Gasteiger partial charge is 0.186 e. The minimum atomic E-state index is -1.34. The Kier molecular flexibility index (Phi) is 3.02. The van der Waals surface area contributed by atoms with Crippen molar-refractivity contribution in [3.8, 4) is 0 Å². The molecule has 0 aromatic carbocycles. The van der Waals surface area contributed by atoms with Gasteiger partial charge in [0.25, 0.3) is 0 Å². The summed E-state index contributed by atoms with van der Waals surface area (Å²) in [6.45, 7) is 1.45. The minimum absolute atomic E-state index is 0.0809. The molecule has 0 radical (unpaired) electrons. The Bertz CT molecular complexity index is 191. The molecule has 1 aliphatic rings. The SMILES string of the molecule is COC1OC(C=O)CC(C)(O)[C@@H]1O. The molecule has 0 aliphatic carbocycles. The summed E-state index contributed by atoms with van der Waals surface area (Å²) in [4.78, 5) is 10.4. The van der Waals surface area contributed by atoms with Gasteiger partial charge in [-0.2, -0.15) is 0 Å². The van der Waals surface area contributed by atoms with Crippen LogP contribution in [0, 0.1) is 0 Å². The second-order valence-electron chi connectivity index (χ2n) is 3.42. The molecular formula is C8H14O5. The zero-order valence-corrected chi connectivity index (χ0v) is 7.64. The summed E-state index contributed by atoms with van der Waals surface area (Å²) >= 11 is 0. The normalized spacial score (nSPS) is 46.0. The van der Waals surface area contributed by atoms with Gasteiger partial charge < -0.3 is 24.5 Å². The van der Waals surface area contributed by atoms with Crippen molar-refractivity contribution >= 4 is 6.29 Å². The molecule has 1 rings (SSSR count). The van der Waals surface area contributed by atoms with Crippen LogP contribution < -0.4 is 0 Å². The van der Waals surface area contributed by atoms with Crippen LogP contribution in [0.3, 0.4) is 0 Å². The summed E-state index contributed by atoms with van der Waals surface area (Å²) in [5.41, 5.74) is -1.34. The van der Waals surface area contributed by atoms with Gasteiger partial charge in [-0.05, 0) is 6.92 Å². The molecule has 1 heterocycles. The third kappa shape index (κ3) is 2.05. The average Bonchev–Trinajstić information content (AvgIpc) is 2.09. The maximum atomic E-state index is 10.4. The fourth-order valence-corrected chi connectivity index (χ4v) is 1.38. The van der Waals surface area contributed by atoms with E-state index in [-0.39, 0.29) is 6.42 Å². The van der Waals surface area contributed by atoms with E-state index < -0.39 is 24.1 Å². The molecule has 5 nitrogen and oxygen atoms in total. The van der Waals surface area contributed by atoms with E-state index >= 15 is 0 Å². The monoisotopic (exact) mass is 190 g/mol. The van der Waals surface area contributed by atoms with Gasteiger partial charge in [-0.25, -0.2) is 0 Å². The van der Waals surface area contributed by atoms with Crippen LogP contribution in [-0.4, -0.2) is 47.7 Å². The number of carbonyl (C=O) groups is 1. The molecular weight excluding hydrogens is 176 g/mol. The van der Waals surface area contributed by atoms with Crippen molar-refractivity contribution in [2.75, 3.05) is 7.11 Å². The fourth-order valence-electron chi connectivity index (χ4n) is 1.38. The Morgan fingerprint density at radius 3 is 2.77 bits per heavy atom. The van der Waals surface area contributed by atoms with Gasteiger partial charge in [-0.15, -0.1) is 0 Å². The van der Waals surface area contributed by atoms with Gasteiger partial charge in [-0.1, -0.05) is 0 Å². The molecule has 76 valence electrons. The lowest BCUT2D eigenvalue weighted by Crippen LogP contribution is -2.56. The molecule has 0 spiro atoms. The van der Waals surface area contributed by atoms with E-state index in [9.17, 15) is 15.0 Å². The molecule has 1 aliphatic heterocycles. The summed E-state index contributed by atoms with van der Waals surface area (Å²) in [6, 6.07) is 0. The summed E-state index contributed by atoms with van der Waals surface area (Å²) in [7, 11) is 1.34. The summed E-state index contributed by atoms with van der Waals surface area (Å²) < 4.78 is 9.81. The molecule has 13 heavy (non-hydrogen) atoms. The Morgan fingerprint density at radius 1 is 1.69 bits per heavy atom. The molecule has 0 aromatic heterocycles. The topological polar surface area (TPSA) is 76.0 Å². The Morgan fingerprint density at radius 2 is 2.31 bits per heavy atom. The Labute approximate surface area is 76.3 Å². The number of aliphatic hydroxyl groups is 2. The van der Waals surface area contributed by atoms with Gasteiger partial charge in [0.2, 0.25) is 0 Å². The van der Waals surface area contributed by atoms with Crippen LogP contribution in [0.2, 0.25) is 0 Å². The highest BCUT2D eigenvalue weighted by atomic mass is 16.7. The molecule has 1 saturated heterocycles. The van der Waals surface area contributed by atoms with Gasteiger partial charge in [0.1, 0.15) is 18.5 Å². The van der Waals surface area contributed by atoms with Gasteiger partial charge in [-0.3, -0.25) is 0 Å². The number of methoxy groups -OCH3 is 1. The van der Waals surface area contributed by atoms with E-state index in [2.05, 4.69) is 0 Å². The highest BCUT2D eigenvalue weighted by Crippen LogP contribution is 2.28. The summed E-state index contributed by atoms with van der Waals surface area (Å²) in [5, 5.41) is 19.2. The third-order valence-corrected chi connectivity index (χ3v) is 2.20. The average molecular weight is 190 g/mol. The van der Waals surface area contributed by atoms with E-state index in [1.165, 1.54) is 14.0 Å². The second kappa shape index (κ2) is 3.71. The molecule has 0 bridgehead atoms. The van der Waals surface area contributed by atoms with Crippen molar-refractivity contribution < 1.29 is 24.5 Å². The zero-order chi connectivity index (χ0) is 10.1. The van der Waals surface area contributed by atoms with Gasteiger partial charge in [0.05, 0.1) is 5.60 Å². The van der Waals surface area contributed by atoms with Crippen molar-refractivity contribution in [2.24, 2.45) is 0 Å². The molecule has 1 fully saturated rings. The van der Waals surface area contributed by atoms with Crippen LogP contribution in [0.25, 0.3) is 0 Å². The number of ether oxygens (including phenoxy) is 2. The number of rotatable bonds is 2. The van der Waals surface area contributed by atoms with Crippen molar-refractivity contribution in [1.29, 1.82) is 0 Å². The summed E-state index contributed by atoms with van der Waals surface area (Å²) in [6.07, 6.45) is -2.12. The first-order valence-electron chi connectivity index (χ1n) is 4.05. The quantitative estimate of drug-likeness (QED) is 0.549. The number of hydrogen-bond donors (Lipinski definition) is 2. The maximum absolute atomic E-state index is 10.4. The molecule has 3 unspecified atom stereocenters. The number of carbonyl (C=O) groups excluding carboxylic acids is 1. The van der Waals surface area contributed by atoms with E-state index in [4.69, 9.17) is 9.47 Å². The van der Waals surface area contributed by atoms with Crippen LogP contribution in [0.5, 0.6) is 0 Å². The predicted octanol–water partition coefficient (Wildman–Crippen LogP) is -0.941. The Hall–Kier alpha value is -0.490. The molecule has 5 heteroatoms. The van der Waals surface area contributed by atoms with Crippen molar-refractivity contribution in [3.63, 3.8) is 0 Å². The highest BCUT2D eigenvalue weighted by Gasteiger charge is 2.45. The van der Waals surface area contributed by atoms with Crippen molar-refractivity contribution in [2.45, 2.75) is 37.4 Å². The lowest BCUT2D eigenvalue weighted by Gasteiger charge is -2.40. The first-order valence-corrected chi connectivity index (χ1v) is 4.05. The van der Waals surface area contributed by atoms with E-state index in [0.29, 0.717) is 6.29 Å². The highest BCUT2D eigenvalue weighted by molar-refractivity contribution is 5.56. The predicted molar refractivity (Wildman–Crippen MR) is 43.0 cm³/mol. The Balaban J connectivity index is 2.74. The zero-order valence-electron chi connectivity index (χ0n) is 7.64. The molecule has 0 saturated carbocycles. The largest absolute Gasteiger partial charge is 0.387 e. The van der Waals surface area contributed by atoms with Crippen LogP contribution in [0.4, 0.5) is 0 Å². The number of hydrogen-bond acceptors (Lipinski definition) is 5. The lowest BCUT2D eigenvalue weighted by molar-refractivity contribution is -0.276. The second-order valence-corrected chi connectivity index (χ2v) is 3.42. The molecule has 0 amide bonds. The molecule has 4 atom stereocenters. The lowest BCUT2D eigenvalue weighted by atomic mass is 9.89. The summed E-state index contributed by atoms with van der Waals surface area (Å²) in [5.74, 6) is 0. The minimum Gasteiger partial charge on any atom is -0.387 e. The van der Waals surface area contributed by atoms with Crippen LogP contribution >= 0.6 is 0 Å². The van der Waals surface area contributed by atoms with Crippen LogP contribution in [0.15, 0.2) is 0 Å². The standard InChI is InChI=1S/C8H14O5/c1-8(11)3-5(4-9)13-7(12-2)6(8)10/h4-7,10-11H,3H2,1-2H3/t5?,6-,7?,8?/m1/s1. The number of aldehydes is 1. The van der Waals surface area contributed by atoms with Crippen LogP contribution in [0.1, 0.15) is 13.3 Å². The fraction of sp³-hybridized carbons (Fsp3) is 0.875. The van der Waals surface area contributed by atoms with E-state index in [0.717, 1.165) is 0 Å². The first-order chi connectivity index (χ1) is 6.01. The van der Waals surface area contributed by atoms with Gasteiger partial charge in [0, 0.05) is 13.5 Å².